The second kappa shape index (κ2) is 11.2. The van der Waals surface area contributed by atoms with Crippen LogP contribution < -0.4 is 10.1 Å². The average Bonchev–Trinajstić information content (AvgIpc) is 2.61. The zero-order chi connectivity index (χ0) is 22.0. The van der Waals surface area contributed by atoms with Crippen LogP contribution in [-0.2, 0) is 20.7 Å². The maximum absolute atomic E-state index is 12.1. The molecule has 0 spiro atoms. The SMILES string of the molecule is CC(C)(C)OC(=O)N[C@@H](CCC(Cc1ccc(OCCF)cc1)C(=O)O)C(=O)O. The first-order chi connectivity index (χ1) is 13.5. The van der Waals surface area contributed by atoms with Gasteiger partial charge in [0.1, 0.15) is 30.7 Å². The van der Waals surface area contributed by atoms with Crippen LogP contribution in [0.1, 0.15) is 39.2 Å². The number of carboxylic acids is 2. The van der Waals surface area contributed by atoms with Crippen molar-refractivity contribution in [3.8, 4) is 5.75 Å². The van der Waals surface area contributed by atoms with E-state index < -0.39 is 42.3 Å². The lowest BCUT2D eigenvalue weighted by Crippen LogP contribution is -2.43. The van der Waals surface area contributed by atoms with E-state index in [9.17, 15) is 29.0 Å². The third-order valence-corrected chi connectivity index (χ3v) is 3.89. The third-order valence-electron chi connectivity index (χ3n) is 3.89. The van der Waals surface area contributed by atoms with E-state index in [1.165, 1.54) is 0 Å². The highest BCUT2D eigenvalue weighted by Crippen LogP contribution is 2.19. The number of benzene rings is 1. The number of rotatable bonds is 11. The van der Waals surface area contributed by atoms with E-state index >= 15 is 0 Å². The highest BCUT2D eigenvalue weighted by molar-refractivity contribution is 5.80. The number of ether oxygens (including phenoxy) is 2. The molecule has 0 aliphatic carbocycles. The minimum Gasteiger partial charge on any atom is -0.491 e. The first-order valence-electron chi connectivity index (χ1n) is 9.24. The number of amides is 1. The van der Waals surface area contributed by atoms with Crippen molar-refractivity contribution >= 4 is 18.0 Å². The lowest BCUT2D eigenvalue weighted by atomic mass is 9.93. The fourth-order valence-electron chi connectivity index (χ4n) is 2.55. The predicted octanol–water partition coefficient (Wildman–Crippen LogP) is 3.04. The van der Waals surface area contributed by atoms with Gasteiger partial charge in [0.2, 0.25) is 0 Å². The Morgan fingerprint density at radius 1 is 1.07 bits per heavy atom. The van der Waals surface area contributed by atoms with Crippen molar-refractivity contribution in [2.45, 2.75) is 51.7 Å². The monoisotopic (exact) mass is 413 g/mol. The van der Waals surface area contributed by atoms with E-state index in [2.05, 4.69) is 5.32 Å². The van der Waals surface area contributed by atoms with E-state index in [1.807, 2.05) is 0 Å². The molecule has 162 valence electrons. The Kier molecular flexibility index (Phi) is 9.37. The Hall–Kier alpha value is -2.84. The fraction of sp³-hybridized carbons (Fsp3) is 0.550. The summed E-state index contributed by atoms with van der Waals surface area (Å²) in [5.41, 5.74) is -0.0615. The van der Waals surface area contributed by atoms with Crippen LogP contribution in [0.2, 0.25) is 0 Å². The molecule has 8 nitrogen and oxygen atoms in total. The summed E-state index contributed by atoms with van der Waals surface area (Å²) in [5, 5.41) is 21.0. The Labute approximate surface area is 169 Å². The molecule has 0 fully saturated rings. The number of aliphatic carboxylic acids is 2. The van der Waals surface area contributed by atoms with Gasteiger partial charge in [-0.25, -0.2) is 14.0 Å². The molecule has 1 rings (SSSR count). The van der Waals surface area contributed by atoms with Gasteiger partial charge >= 0.3 is 18.0 Å². The molecule has 1 unspecified atom stereocenters. The Balaban J connectivity index is 2.68. The molecule has 2 atom stereocenters. The summed E-state index contributed by atoms with van der Waals surface area (Å²) in [7, 11) is 0. The molecule has 0 radical (unpaired) electrons. The van der Waals surface area contributed by atoms with E-state index in [-0.39, 0.29) is 25.9 Å². The number of hydrogen-bond acceptors (Lipinski definition) is 5. The second-order valence-electron chi connectivity index (χ2n) is 7.54. The van der Waals surface area contributed by atoms with Crippen molar-refractivity contribution in [1.82, 2.24) is 5.32 Å². The predicted molar refractivity (Wildman–Crippen MR) is 103 cm³/mol. The van der Waals surface area contributed by atoms with Crippen LogP contribution in [0.3, 0.4) is 0 Å². The molecular formula is C20H28FNO7. The Bertz CT molecular complexity index is 685. The number of alkyl halides is 1. The molecule has 1 amide bonds. The van der Waals surface area contributed by atoms with E-state index in [1.54, 1.807) is 45.0 Å². The molecule has 29 heavy (non-hydrogen) atoms. The zero-order valence-corrected chi connectivity index (χ0v) is 16.8. The molecule has 0 aromatic heterocycles. The summed E-state index contributed by atoms with van der Waals surface area (Å²) in [4.78, 5) is 34.8. The molecule has 0 saturated heterocycles. The number of carboxylic acid groups (broad SMARTS) is 2. The summed E-state index contributed by atoms with van der Waals surface area (Å²) in [6.45, 7) is 4.29. The van der Waals surface area contributed by atoms with E-state index in [0.717, 1.165) is 5.56 Å². The molecule has 0 heterocycles. The number of halogens is 1. The van der Waals surface area contributed by atoms with Gasteiger partial charge < -0.3 is 25.0 Å². The molecule has 1 aromatic rings. The minimum atomic E-state index is -1.27. The maximum Gasteiger partial charge on any atom is 0.408 e. The Morgan fingerprint density at radius 3 is 2.17 bits per heavy atom. The first kappa shape index (κ1) is 24.2. The smallest absolute Gasteiger partial charge is 0.408 e. The van der Waals surface area contributed by atoms with Gasteiger partial charge in [-0.1, -0.05) is 12.1 Å². The summed E-state index contributed by atoms with van der Waals surface area (Å²) in [5.74, 6) is -2.70. The van der Waals surface area contributed by atoms with Crippen LogP contribution in [0.25, 0.3) is 0 Å². The number of carbonyl (C=O) groups is 3. The highest BCUT2D eigenvalue weighted by atomic mass is 19.1. The molecule has 9 heteroatoms. The van der Waals surface area contributed by atoms with Crippen LogP contribution in [0.4, 0.5) is 9.18 Å². The highest BCUT2D eigenvalue weighted by Gasteiger charge is 2.27. The van der Waals surface area contributed by atoms with Crippen molar-refractivity contribution in [2.24, 2.45) is 5.92 Å². The van der Waals surface area contributed by atoms with Crippen LogP contribution in [0.5, 0.6) is 5.75 Å². The van der Waals surface area contributed by atoms with Gasteiger partial charge in [0.05, 0.1) is 5.92 Å². The van der Waals surface area contributed by atoms with Crippen LogP contribution >= 0.6 is 0 Å². The first-order valence-corrected chi connectivity index (χ1v) is 9.24. The van der Waals surface area contributed by atoms with Gasteiger partial charge in [-0.2, -0.15) is 0 Å². The third kappa shape index (κ3) is 9.77. The van der Waals surface area contributed by atoms with Crippen LogP contribution in [0.15, 0.2) is 24.3 Å². The summed E-state index contributed by atoms with van der Waals surface area (Å²) < 4.78 is 22.3. The van der Waals surface area contributed by atoms with Crippen molar-refractivity contribution in [3.05, 3.63) is 29.8 Å². The molecular weight excluding hydrogens is 385 g/mol. The average molecular weight is 413 g/mol. The number of nitrogens with one attached hydrogen (secondary N) is 1. The molecule has 1 aromatic carbocycles. The normalized spacial score (nSPS) is 13.2. The molecule has 0 aliphatic heterocycles. The number of carbonyl (C=O) groups excluding carboxylic acids is 1. The lowest BCUT2D eigenvalue weighted by molar-refractivity contribution is -0.143. The van der Waals surface area contributed by atoms with Crippen molar-refractivity contribution in [1.29, 1.82) is 0 Å². The number of alkyl carbamates (subject to hydrolysis) is 1. The van der Waals surface area contributed by atoms with E-state index in [4.69, 9.17) is 9.47 Å². The van der Waals surface area contributed by atoms with Crippen molar-refractivity contribution < 1.29 is 38.5 Å². The van der Waals surface area contributed by atoms with Gasteiger partial charge in [0.25, 0.3) is 0 Å². The maximum atomic E-state index is 12.1. The summed E-state index contributed by atoms with van der Waals surface area (Å²) in [6, 6.07) is 5.33. The standard InChI is InChI=1S/C20H28FNO7/c1-20(2,3)29-19(27)22-16(18(25)26)9-6-14(17(23)24)12-13-4-7-15(8-5-13)28-11-10-21/h4-5,7-8,14,16H,6,9-12H2,1-3H3,(H,22,27)(H,23,24)(H,25,26)/t14?,16-/m0/s1. The van der Waals surface area contributed by atoms with Crippen LogP contribution in [-0.4, -0.2) is 53.2 Å². The topological polar surface area (TPSA) is 122 Å². The molecule has 3 N–H and O–H groups in total. The summed E-state index contributed by atoms with van der Waals surface area (Å²) >= 11 is 0. The fourth-order valence-corrected chi connectivity index (χ4v) is 2.55. The van der Waals surface area contributed by atoms with Gasteiger partial charge in [-0.3, -0.25) is 4.79 Å². The molecule has 0 aliphatic rings. The zero-order valence-electron chi connectivity index (χ0n) is 16.8. The van der Waals surface area contributed by atoms with Gasteiger partial charge in [-0.15, -0.1) is 0 Å². The lowest BCUT2D eigenvalue weighted by Gasteiger charge is -2.22. The van der Waals surface area contributed by atoms with Crippen molar-refractivity contribution in [2.75, 3.05) is 13.3 Å². The summed E-state index contributed by atoms with van der Waals surface area (Å²) in [6.07, 6.45) is -0.719. The van der Waals surface area contributed by atoms with Gasteiger partial charge in [0.15, 0.2) is 0 Å². The second-order valence-corrected chi connectivity index (χ2v) is 7.54. The molecule has 0 saturated carbocycles. The van der Waals surface area contributed by atoms with Crippen LogP contribution in [0, 0.1) is 5.92 Å². The molecule has 0 bridgehead atoms. The van der Waals surface area contributed by atoms with Gasteiger partial charge in [-0.05, 0) is 57.7 Å². The minimum absolute atomic E-state index is 0.0438. The largest absolute Gasteiger partial charge is 0.491 e. The van der Waals surface area contributed by atoms with E-state index in [0.29, 0.717) is 5.75 Å². The quantitative estimate of drug-likeness (QED) is 0.510. The van der Waals surface area contributed by atoms with Crippen molar-refractivity contribution in [3.63, 3.8) is 0 Å². The Morgan fingerprint density at radius 2 is 1.69 bits per heavy atom. The van der Waals surface area contributed by atoms with Gasteiger partial charge in [0, 0.05) is 0 Å². The number of hydrogen-bond donors (Lipinski definition) is 3.